The molecule has 1 aromatic heterocycles. The van der Waals surface area contributed by atoms with Gasteiger partial charge in [-0.25, -0.2) is 9.59 Å². The molecular formula is C24H19NO5. The zero-order valence-corrected chi connectivity index (χ0v) is 16.2. The normalized spacial score (nSPS) is 11.6. The second kappa shape index (κ2) is 8.13. The summed E-state index contributed by atoms with van der Waals surface area (Å²) < 4.78 is 10.5. The number of rotatable bonds is 6. The number of aromatic nitrogens is 1. The number of hydrogen-bond acceptors (Lipinski definition) is 4. The van der Waals surface area contributed by atoms with Gasteiger partial charge in [0.15, 0.2) is 0 Å². The molecule has 0 aliphatic rings. The Morgan fingerprint density at radius 1 is 0.967 bits per heavy atom. The third-order valence-corrected chi connectivity index (χ3v) is 4.83. The maximum absolute atomic E-state index is 11.7. The number of benzene rings is 3. The minimum atomic E-state index is -1.07. The van der Waals surface area contributed by atoms with Gasteiger partial charge in [-0.1, -0.05) is 42.5 Å². The highest BCUT2D eigenvalue weighted by molar-refractivity contribution is 6.09. The molecule has 0 saturated heterocycles. The van der Waals surface area contributed by atoms with Crippen LogP contribution in [0.3, 0.4) is 0 Å². The van der Waals surface area contributed by atoms with Crippen molar-refractivity contribution >= 4 is 39.8 Å². The zero-order valence-electron chi connectivity index (χ0n) is 16.2. The fourth-order valence-electron chi connectivity index (χ4n) is 3.32. The summed E-state index contributed by atoms with van der Waals surface area (Å²) in [5.41, 5.74) is 2.95. The summed E-state index contributed by atoms with van der Waals surface area (Å²) in [6.07, 6.45) is 1.52. The van der Waals surface area contributed by atoms with Crippen LogP contribution in [0.5, 0.6) is 5.75 Å². The second-order valence-corrected chi connectivity index (χ2v) is 6.73. The van der Waals surface area contributed by atoms with E-state index in [1.165, 1.54) is 13.2 Å². The van der Waals surface area contributed by atoms with Crippen molar-refractivity contribution in [1.29, 1.82) is 0 Å². The van der Waals surface area contributed by atoms with Crippen LogP contribution in [0.1, 0.15) is 15.9 Å². The average Bonchev–Trinajstić information content (AvgIpc) is 3.15. The lowest BCUT2D eigenvalue weighted by Crippen LogP contribution is -2.10. The Labute approximate surface area is 172 Å². The molecule has 4 rings (SSSR count). The molecular weight excluding hydrogens is 382 g/mol. The molecule has 30 heavy (non-hydrogen) atoms. The van der Waals surface area contributed by atoms with Crippen molar-refractivity contribution in [3.63, 3.8) is 0 Å². The standard InChI is InChI=1S/C24H19NO5/c1-29-24(28)16-11-9-15(10-12-16)13-17(23(26)27)14-30-21-8-4-6-19-18-5-2-3-7-20(18)25-22(19)21/h2-13,25H,14H2,1H3,(H,26,27)/b17-13-. The summed E-state index contributed by atoms with van der Waals surface area (Å²) in [6, 6.07) is 20.1. The van der Waals surface area contributed by atoms with Crippen molar-refractivity contribution < 1.29 is 24.2 Å². The van der Waals surface area contributed by atoms with E-state index in [1.807, 2.05) is 42.5 Å². The first-order valence-electron chi connectivity index (χ1n) is 9.31. The predicted molar refractivity (Wildman–Crippen MR) is 115 cm³/mol. The lowest BCUT2D eigenvalue weighted by molar-refractivity contribution is -0.132. The largest absolute Gasteiger partial charge is 0.486 e. The van der Waals surface area contributed by atoms with E-state index in [1.54, 1.807) is 24.3 Å². The molecule has 3 aromatic carbocycles. The van der Waals surface area contributed by atoms with Crippen LogP contribution in [0.4, 0.5) is 0 Å². The van der Waals surface area contributed by atoms with Gasteiger partial charge in [-0.2, -0.15) is 0 Å². The summed E-state index contributed by atoms with van der Waals surface area (Å²) in [5.74, 6) is -0.938. The summed E-state index contributed by atoms with van der Waals surface area (Å²) >= 11 is 0. The Hall–Kier alpha value is -4.06. The van der Waals surface area contributed by atoms with Gasteiger partial charge in [-0.3, -0.25) is 0 Å². The Kier molecular flexibility index (Phi) is 5.22. The van der Waals surface area contributed by atoms with Gasteiger partial charge in [0.2, 0.25) is 0 Å². The molecule has 4 aromatic rings. The minimum Gasteiger partial charge on any atom is -0.486 e. The maximum atomic E-state index is 11.7. The van der Waals surface area contributed by atoms with Crippen LogP contribution in [0.15, 0.2) is 72.3 Å². The maximum Gasteiger partial charge on any atom is 0.337 e. The molecule has 0 bridgehead atoms. The van der Waals surface area contributed by atoms with Crippen molar-refractivity contribution in [1.82, 2.24) is 4.98 Å². The number of methoxy groups -OCH3 is 1. The van der Waals surface area contributed by atoms with Gasteiger partial charge >= 0.3 is 11.9 Å². The Morgan fingerprint density at radius 3 is 2.43 bits per heavy atom. The van der Waals surface area contributed by atoms with Crippen LogP contribution >= 0.6 is 0 Å². The smallest absolute Gasteiger partial charge is 0.337 e. The Bertz CT molecular complexity index is 1270. The van der Waals surface area contributed by atoms with Gasteiger partial charge in [0, 0.05) is 16.3 Å². The van der Waals surface area contributed by atoms with E-state index in [2.05, 4.69) is 9.72 Å². The summed E-state index contributed by atoms with van der Waals surface area (Å²) in [4.78, 5) is 26.6. The van der Waals surface area contributed by atoms with Crippen LogP contribution in [-0.4, -0.2) is 35.7 Å². The predicted octanol–water partition coefficient (Wildman–Crippen LogP) is 4.65. The number of nitrogens with one attached hydrogen (secondary N) is 1. The van der Waals surface area contributed by atoms with Crippen LogP contribution in [0.2, 0.25) is 0 Å². The zero-order chi connectivity index (χ0) is 21.1. The summed E-state index contributed by atoms with van der Waals surface area (Å²) in [6.45, 7) is -0.109. The molecule has 1 heterocycles. The van der Waals surface area contributed by atoms with E-state index >= 15 is 0 Å². The number of fused-ring (bicyclic) bond motifs is 3. The van der Waals surface area contributed by atoms with Gasteiger partial charge in [0.1, 0.15) is 12.4 Å². The van der Waals surface area contributed by atoms with E-state index in [-0.39, 0.29) is 12.2 Å². The highest BCUT2D eigenvalue weighted by Crippen LogP contribution is 2.31. The van der Waals surface area contributed by atoms with Gasteiger partial charge in [0.25, 0.3) is 0 Å². The van der Waals surface area contributed by atoms with E-state index in [4.69, 9.17) is 4.74 Å². The van der Waals surface area contributed by atoms with Gasteiger partial charge < -0.3 is 19.6 Å². The molecule has 0 atom stereocenters. The van der Waals surface area contributed by atoms with E-state index < -0.39 is 11.9 Å². The molecule has 0 aliphatic carbocycles. The third-order valence-electron chi connectivity index (χ3n) is 4.83. The molecule has 6 heteroatoms. The lowest BCUT2D eigenvalue weighted by atomic mass is 10.1. The Balaban J connectivity index is 1.59. The molecule has 150 valence electrons. The number of ether oxygens (including phenoxy) is 2. The molecule has 2 N–H and O–H groups in total. The average molecular weight is 401 g/mol. The van der Waals surface area contributed by atoms with Crippen LogP contribution in [0, 0.1) is 0 Å². The number of carbonyl (C=O) groups excluding carboxylic acids is 1. The highest BCUT2D eigenvalue weighted by atomic mass is 16.5. The number of carboxylic acids is 1. The first kappa shape index (κ1) is 19.3. The summed E-state index contributed by atoms with van der Waals surface area (Å²) in [5, 5.41) is 11.7. The SMILES string of the molecule is COC(=O)c1ccc(/C=C(/COc2cccc3c2[nH]c2ccccc23)C(=O)O)cc1. The van der Waals surface area contributed by atoms with Gasteiger partial charge in [-0.15, -0.1) is 0 Å². The molecule has 6 nitrogen and oxygen atoms in total. The van der Waals surface area contributed by atoms with Gasteiger partial charge in [0.05, 0.1) is 23.8 Å². The first-order valence-corrected chi connectivity index (χ1v) is 9.31. The van der Waals surface area contributed by atoms with Crippen LogP contribution < -0.4 is 4.74 Å². The van der Waals surface area contributed by atoms with Gasteiger partial charge in [-0.05, 0) is 35.9 Å². The molecule has 0 fully saturated rings. The number of para-hydroxylation sites is 2. The van der Waals surface area contributed by atoms with Crippen molar-refractivity contribution in [2.24, 2.45) is 0 Å². The highest BCUT2D eigenvalue weighted by Gasteiger charge is 2.13. The van der Waals surface area contributed by atoms with E-state index in [0.717, 1.165) is 21.8 Å². The molecule has 0 radical (unpaired) electrons. The molecule has 0 spiro atoms. The number of H-pyrrole nitrogens is 1. The van der Waals surface area contributed by atoms with Crippen molar-refractivity contribution in [2.75, 3.05) is 13.7 Å². The fourth-order valence-corrected chi connectivity index (χ4v) is 3.32. The van der Waals surface area contributed by atoms with E-state index in [0.29, 0.717) is 16.9 Å². The molecule has 0 unspecified atom stereocenters. The topological polar surface area (TPSA) is 88.6 Å². The molecule has 0 aliphatic heterocycles. The fraction of sp³-hybridized carbons (Fsp3) is 0.0833. The van der Waals surface area contributed by atoms with Crippen molar-refractivity contribution in [3.05, 3.63) is 83.4 Å². The number of carboxylic acid groups (broad SMARTS) is 1. The first-order chi connectivity index (χ1) is 14.6. The quantitative estimate of drug-likeness (QED) is 0.363. The number of aliphatic carboxylic acids is 1. The minimum absolute atomic E-state index is 0.0916. The third kappa shape index (κ3) is 3.75. The van der Waals surface area contributed by atoms with Crippen LogP contribution in [0.25, 0.3) is 27.9 Å². The number of hydrogen-bond donors (Lipinski definition) is 2. The van der Waals surface area contributed by atoms with E-state index in [9.17, 15) is 14.7 Å². The van der Waals surface area contributed by atoms with Crippen molar-refractivity contribution in [3.8, 4) is 5.75 Å². The number of aromatic amines is 1. The molecule has 0 amide bonds. The number of carbonyl (C=O) groups is 2. The van der Waals surface area contributed by atoms with Crippen LogP contribution in [-0.2, 0) is 9.53 Å². The van der Waals surface area contributed by atoms with Crippen molar-refractivity contribution in [2.45, 2.75) is 0 Å². The lowest BCUT2D eigenvalue weighted by Gasteiger charge is -2.08. The monoisotopic (exact) mass is 401 g/mol. The Morgan fingerprint density at radius 2 is 1.70 bits per heavy atom. The second-order valence-electron chi connectivity index (χ2n) is 6.73. The summed E-state index contributed by atoms with van der Waals surface area (Å²) in [7, 11) is 1.31. The number of esters is 1. The molecule has 0 saturated carbocycles.